The minimum Gasteiger partial charge on any atom is -0.399 e. The van der Waals surface area contributed by atoms with Crippen LogP contribution in [0.15, 0.2) is 60.9 Å². The van der Waals surface area contributed by atoms with Crippen LogP contribution in [0.3, 0.4) is 0 Å². The van der Waals surface area contributed by atoms with Gasteiger partial charge in [-0.3, -0.25) is 0 Å². The average Bonchev–Trinajstić information content (AvgIpc) is 2.97. The van der Waals surface area contributed by atoms with E-state index >= 15 is 0 Å². The van der Waals surface area contributed by atoms with Crippen LogP contribution in [0.5, 0.6) is 0 Å². The van der Waals surface area contributed by atoms with E-state index in [1.807, 2.05) is 24.5 Å². The molecule has 0 aliphatic carbocycles. The SMILES string of the molecule is CN(C)c1ccc(Cn2ccnc2Cc2ccc(N)cc2)cc1. The first kappa shape index (κ1) is 15.2. The quantitative estimate of drug-likeness (QED) is 0.737. The highest BCUT2D eigenvalue weighted by atomic mass is 15.1. The van der Waals surface area contributed by atoms with Gasteiger partial charge in [-0.05, 0) is 35.4 Å². The van der Waals surface area contributed by atoms with Crippen molar-refractivity contribution in [3.05, 3.63) is 77.9 Å². The van der Waals surface area contributed by atoms with Crippen LogP contribution in [-0.2, 0) is 13.0 Å². The largest absolute Gasteiger partial charge is 0.399 e. The number of anilines is 2. The Hall–Kier alpha value is -2.75. The second-order valence-corrected chi connectivity index (χ2v) is 5.95. The number of benzene rings is 2. The van der Waals surface area contributed by atoms with Crippen molar-refractivity contribution in [1.82, 2.24) is 9.55 Å². The molecule has 4 nitrogen and oxygen atoms in total. The first-order valence-electron chi connectivity index (χ1n) is 7.72. The molecular formula is C19H22N4. The Kier molecular flexibility index (Phi) is 4.33. The van der Waals surface area contributed by atoms with Gasteiger partial charge >= 0.3 is 0 Å². The van der Waals surface area contributed by atoms with E-state index in [1.54, 1.807) is 0 Å². The molecule has 118 valence electrons. The van der Waals surface area contributed by atoms with Crippen molar-refractivity contribution < 1.29 is 0 Å². The monoisotopic (exact) mass is 306 g/mol. The van der Waals surface area contributed by atoms with Gasteiger partial charge in [0.25, 0.3) is 0 Å². The van der Waals surface area contributed by atoms with Gasteiger partial charge < -0.3 is 15.2 Å². The Labute approximate surface area is 137 Å². The molecule has 0 spiro atoms. The Morgan fingerprint density at radius 3 is 2.26 bits per heavy atom. The highest BCUT2D eigenvalue weighted by Crippen LogP contribution is 2.15. The van der Waals surface area contributed by atoms with Crippen LogP contribution in [0.25, 0.3) is 0 Å². The lowest BCUT2D eigenvalue weighted by molar-refractivity contribution is 0.740. The molecule has 3 rings (SSSR count). The summed E-state index contributed by atoms with van der Waals surface area (Å²) in [5.41, 5.74) is 10.2. The number of nitrogens with two attached hydrogens (primary N) is 1. The molecule has 2 N–H and O–H groups in total. The van der Waals surface area contributed by atoms with E-state index in [2.05, 4.69) is 64.9 Å². The highest BCUT2D eigenvalue weighted by molar-refractivity contribution is 5.46. The Morgan fingerprint density at radius 2 is 1.61 bits per heavy atom. The van der Waals surface area contributed by atoms with Crippen molar-refractivity contribution in [1.29, 1.82) is 0 Å². The molecule has 0 aliphatic rings. The third kappa shape index (κ3) is 3.72. The molecule has 0 unspecified atom stereocenters. The molecule has 0 amide bonds. The molecular weight excluding hydrogens is 284 g/mol. The fourth-order valence-corrected chi connectivity index (χ4v) is 2.57. The zero-order valence-electron chi connectivity index (χ0n) is 13.6. The lowest BCUT2D eigenvalue weighted by Gasteiger charge is -2.13. The predicted octanol–water partition coefficient (Wildman–Crippen LogP) is 3.17. The fraction of sp³-hybridized carbons (Fsp3) is 0.211. The molecule has 0 radical (unpaired) electrons. The van der Waals surface area contributed by atoms with E-state index in [9.17, 15) is 0 Å². The first-order chi connectivity index (χ1) is 11.1. The maximum Gasteiger partial charge on any atom is 0.113 e. The number of rotatable bonds is 5. The lowest BCUT2D eigenvalue weighted by Crippen LogP contribution is -2.09. The standard InChI is InChI=1S/C19H22N4/c1-22(2)18-9-5-16(6-10-18)14-23-12-11-21-19(23)13-15-3-7-17(20)8-4-15/h3-12H,13-14,20H2,1-2H3. The Morgan fingerprint density at radius 1 is 0.957 bits per heavy atom. The van der Waals surface area contributed by atoms with Crippen molar-refractivity contribution in [3.8, 4) is 0 Å². The van der Waals surface area contributed by atoms with Crippen molar-refractivity contribution in [2.45, 2.75) is 13.0 Å². The van der Waals surface area contributed by atoms with Gasteiger partial charge in [-0.2, -0.15) is 0 Å². The second-order valence-electron chi connectivity index (χ2n) is 5.95. The molecule has 1 aromatic heterocycles. The summed E-state index contributed by atoms with van der Waals surface area (Å²) in [6.45, 7) is 0.831. The molecule has 0 aliphatic heterocycles. The zero-order valence-corrected chi connectivity index (χ0v) is 13.6. The summed E-state index contributed by atoms with van der Waals surface area (Å²) in [7, 11) is 4.10. The van der Waals surface area contributed by atoms with E-state index in [0.29, 0.717) is 0 Å². The van der Waals surface area contributed by atoms with Gasteiger partial charge in [-0.25, -0.2) is 4.98 Å². The summed E-state index contributed by atoms with van der Waals surface area (Å²) in [5, 5.41) is 0. The summed E-state index contributed by atoms with van der Waals surface area (Å²) in [6, 6.07) is 16.6. The van der Waals surface area contributed by atoms with Gasteiger partial charge in [0.2, 0.25) is 0 Å². The van der Waals surface area contributed by atoms with Gasteiger partial charge in [-0.15, -0.1) is 0 Å². The average molecular weight is 306 g/mol. The van der Waals surface area contributed by atoms with Crippen LogP contribution >= 0.6 is 0 Å². The van der Waals surface area contributed by atoms with Crippen LogP contribution in [0.4, 0.5) is 11.4 Å². The lowest BCUT2D eigenvalue weighted by atomic mass is 10.1. The first-order valence-corrected chi connectivity index (χ1v) is 7.72. The van der Waals surface area contributed by atoms with Crippen LogP contribution < -0.4 is 10.6 Å². The maximum atomic E-state index is 5.74. The third-order valence-corrected chi connectivity index (χ3v) is 3.95. The van der Waals surface area contributed by atoms with Crippen LogP contribution in [0, 0.1) is 0 Å². The molecule has 0 saturated heterocycles. The van der Waals surface area contributed by atoms with Crippen LogP contribution in [0.2, 0.25) is 0 Å². The van der Waals surface area contributed by atoms with E-state index in [1.165, 1.54) is 16.8 Å². The summed E-state index contributed by atoms with van der Waals surface area (Å²) >= 11 is 0. The van der Waals surface area contributed by atoms with Crippen molar-refractivity contribution in [2.24, 2.45) is 0 Å². The molecule has 0 saturated carbocycles. The third-order valence-electron chi connectivity index (χ3n) is 3.95. The summed E-state index contributed by atoms with van der Waals surface area (Å²) in [6.07, 6.45) is 4.70. The van der Waals surface area contributed by atoms with Gasteiger partial charge in [0, 0.05) is 50.8 Å². The number of imidazole rings is 1. The van der Waals surface area contributed by atoms with Gasteiger partial charge in [0.15, 0.2) is 0 Å². The van der Waals surface area contributed by atoms with Crippen LogP contribution in [-0.4, -0.2) is 23.6 Å². The topological polar surface area (TPSA) is 47.1 Å². The molecule has 1 heterocycles. The summed E-state index contributed by atoms with van der Waals surface area (Å²) < 4.78 is 2.20. The molecule has 0 atom stereocenters. The smallest absolute Gasteiger partial charge is 0.113 e. The number of nitrogens with zero attached hydrogens (tertiary/aromatic N) is 3. The van der Waals surface area contributed by atoms with Gasteiger partial charge in [0.05, 0.1) is 0 Å². The van der Waals surface area contributed by atoms with Crippen molar-refractivity contribution in [3.63, 3.8) is 0 Å². The molecule has 4 heteroatoms. The van der Waals surface area contributed by atoms with E-state index in [-0.39, 0.29) is 0 Å². The minimum atomic E-state index is 0.790. The Balaban J connectivity index is 1.74. The number of nitrogen functional groups attached to an aromatic ring is 1. The minimum absolute atomic E-state index is 0.790. The highest BCUT2D eigenvalue weighted by Gasteiger charge is 2.05. The van der Waals surface area contributed by atoms with E-state index in [4.69, 9.17) is 5.73 Å². The zero-order chi connectivity index (χ0) is 16.2. The molecule has 0 bridgehead atoms. The fourth-order valence-electron chi connectivity index (χ4n) is 2.57. The number of hydrogen-bond acceptors (Lipinski definition) is 3. The van der Waals surface area contributed by atoms with Gasteiger partial charge in [0.1, 0.15) is 5.82 Å². The molecule has 2 aromatic carbocycles. The molecule has 0 fully saturated rings. The second kappa shape index (κ2) is 6.57. The Bertz CT molecular complexity index is 755. The molecule has 3 aromatic rings. The van der Waals surface area contributed by atoms with Crippen LogP contribution in [0.1, 0.15) is 17.0 Å². The number of aromatic nitrogens is 2. The normalized spacial score (nSPS) is 10.7. The van der Waals surface area contributed by atoms with E-state index in [0.717, 1.165) is 24.5 Å². The number of hydrogen-bond donors (Lipinski definition) is 1. The van der Waals surface area contributed by atoms with E-state index < -0.39 is 0 Å². The molecule has 23 heavy (non-hydrogen) atoms. The maximum absolute atomic E-state index is 5.74. The van der Waals surface area contributed by atoms with Gasteiger partial charge in [-0.1, -0.05) is 24.3 Å². The summed E-state index contributed by atoms with van der Waals surface area (Å²) in [4.78, 5) is 6.60. The van der Waals surface area contributed by atoms with Crippen molar-refractivity contribution in [2.75, 3.05) is 24.7 Å². The predicted molar refractivity (Wildman–Crippen MR) is 95.8 cm³/mol. The van der Waals surface area contributed by atoms with Crippen molar-refractivity contribution >= 4 is 11.4 Å². The summed E-state index contributed by atoms with van der Waals surface area (Å²) in [5.74, 6) is 1.06.